The van der Waals surface area contributed by atoms with Crippen LogP contribution in [-0.2, 0) is 6.54 Å². The van der Waals surface area contributed by atoms with Gasteiger partial charge in [0.1, 0.15) is 5.76 Å². The molecule has 8 nitrogen and oxygen atoms in total. The van der Waals surface area contributed by atoms with Crippen molar-refractivity contribution in [3.05, 3.63) is 41.0 Å². The number of urea groups is 1. The molecule has 0 saturated carbocycles. The first kappa shape index (κ1) is 14.5. The van der Waals surface area contributed by atoms with Crippen molar-refractivity contribution in [3.63, 3.8) is 0 Å². The molecule has 0 saturated heterocycles. The first-order valence-corrected chi connectivity index (χ1v) is 6.14. The van der Waals surface area contributed by atoms with Crippen molar-refractivity contribution >= 4 is 17.7 Å². The Bertz CT molecular complexity index is 661. The SMILES string of the molecule is Cc1noc(C)c1CNC(=O)Nc1cccnc1C(=O)O. The lowest BCUT2D eigenvalue weighted by atomic mass is 10.2. The second kappa shape index (κ2) is 6.04. The third kappa shape index (κ3) is 3.35. The summed E-state index contributed by atoms with van der Waals surface area (Å²) in [5.41, 5.74) is 1.39. The van der Waals surface area contributed by atoms with E-state index in [0.717, 1.165) is 5.56 Å². The van der Waals surface area contributed by atoms with Crippen LogP contribution in [0.25, 0.3) is 0 Å². The van der Waals surface area contributed by atoms with Gasteiger partial charge in [0.05, 0.1) is 11.4 Å². The highest BCUT2D eigenvalue weighted by Crippen LogP contribution is 2.13. The second-order valence-corrected chi connectivity index (χ2v) is 4.32. The van der Waals surface area contributed by atoms with Gasteiger partial charge in [-0.1, -0.05) is 5.16 Å². The van der Waals surface area contributed by atoms with Crippen LogP contribution in [0.5, 0.6) is 0 Å². The molecule has 2 heterocycles. The van der Waals surface area contributed by atoms with Gasteiger partial charge < -0.3 is 20.3 Å². The molecule has 2 amide bonds. The number of carboxylic acid groups (broad SMARTS) is 1. The van der Waals surface area contributed by atoms with Gasteiger partial charge in [0, 0.05) is 18.3 Å². The van der Waals surface area contributed by atoms with Crippen molar-refractivity contribution in [3.8, 4) is 0 Å². The molecule has 0 atom stereocenters. The summed E-state index contributed by atoms with van der Waals surface area (Å²) in [6.45, 7) is 3.75. The number of hydrogen-bond acceptors (Lipinski definition) is 5. The number of carboxylic acids is 1. The fourth-order valence-corrected chi connectivity index (χ4v) is 1.77. The molecule has 21 heavy (non-hydrogen) atoms. The van der Waals surface area contributed by atoms with Crippen LogP contribution in [0.4, 0.5) is 10.5 Å². The summed E-state index contributed by atoms with van der Waals surface area (Å²) < 4.78 is 4.99. The van der Waals surface area contributed by atoms with E-state index < -0.39 is 12.0 Å². The maximum absolute atomic E-state index is 11.8. The zero-order chi connectivity index (χ0) is 15.4. The number of aromatic carboxylic acids is 1. The summed E-state index contributed by atoms with van der Waals surface area (Å²) in [5, 5.41) is 17.8. The van der Waals surface area contributed by atoms with Crippen molar-refractivity contribution in [2.24, 2.45) is 0 Å². The largest absolute Gasteiger partial charge is 0.476 e. The minimum Gasteiger partial charge on any atom is -0.476 e. The standard InChI is InChI=1S/C13H14N4O4/c1-7-9(8(2)21-17-7)6-15-13(20)16-10-4-3-5-14-11(10)12(18)19/h3-5H,6H2,1-2H3,(H,18,19)(H2,15,16,20). The van der Waals surface area contributed by atoms with Crippen molar-refractivity contribution in [1.82, 2.24) is 15.5 Å². The van der Waals surface area contributed by atoms with E-state index in [4.69, 9.17) is 9.63 Å². The zero-order valence-electron chi connectivity index (χ0n) is 11.5. The highest BCUT2D eigenvalue weighted by Gasteiger charge is 2.14. The molecule has 8 heteroatoms. The van der Waals surface area contributed by atoms with Crippen LogP contribution in [0.15, 0.2) is 22.9 Å². The first-order chi connectivity index (χ1) is 9.99. The number of hydrogen-bond donors (Lipinski definition) is 3. The molecule has 0 radical (unpaired) electrons. The number of aryl methyl sites for hydroxylation is 2. The topological polar surface area (TPSA) is 117 Å². The van der Waals surface area contributed by atoms with E-state index in [9.17, 15) is 9.59 Å². The fraction of sp³-hybridized carbons (Fsp3) is 0.231. The van der Waals surface area contributed by atoms with Gasteiger partial charge in [0.15, 0.2) is 5.69 Å². The van der Waals surface area contributed by atoms with Crippen LogP contribution >= 0.6 is 0 Å². The highest BCUT2D eigenvalue weighted by molar-refractivity contribution is 5.98. The number of anilines is 1. The Morgan fingerprint density at radius 2 is 2.14 bits per heavy atom. The summed E-state index contributed by atoms with van der Waals surface area (Å²) >= 11 is 0. The second-order valence-electron chi connectivity index (χ2n) is 4.32. The van der Waals surface area contributed by atoms with E-state index in [1.165, 1.54) is 18.3 Å². The molecular formula is C13H14N4O4. The number of pyridine rings is 1. The summed E-state index contributed by atoms with van der Waals surface area (Å²) in [4.78, 5) is 26.5. The Kier molecular flexibility index (Phi) is 4.17. The lowest BCUT2D eigenvalue weighted by molar-refractivity contribution is 0.0691. The summed E-state index contributed by atoms with van der Waals surface area (Å²) in [6, 6.07) is 2.47. The van der Waals surface area contributed by atoms with E-state index in [0.29, 0.717) is 11.5 Å². The molecule has 0 fully saturated rings. The third-order valence-corrected chi connectivity index (χ3v) is 2.87. The third-order valence-electron chi connectivity index (χ3n) is 2.87. The molecule has 0 aromatic carbocycles. The molecule has 110 valence electrons. The van der Waals surface area contributed by atoms with Crippen LogP contribution < -0.4 is 10.6 Å². The van der Waals surface area contributed by atoms with Crippen LogP contribution in [0, 0.1) is 13.8 Å². The van der Waals surface area contributed by atoms with E-state index in [1.807, 2.05) is 0 Å². The van der Waals surface area contributed by atoms with Crippen LogP contribution in [0.3, 0.4) is 0 Å². The first-order valence-electron chi connectivity index (χ1n) is 6.14. The number of amides is 2. The number of nitrogens with one attached hydrogen (secondary N) is 2. The van der Waals surface area contributed by atoms with Gasteiger partial charge in [-0.2, -0.15) is 0 Å². The maximum atomic E-state index is 11.8. The van der Waals surface area contributed by atoms with Crippen LogP contribution in [-0.4, -0.2) is 27.2 Å². The lowest BCUT2D eigenvalue weighted by Crippen LogP contribution is -2.29. The Labute approximate surface area is 120 Å². The lowest BCUT2D eigenvalue weighted by Gasteiger charge is -2.09. The Morgan fingerprint density at radius 1 is 1.38 bits per heavy atom. The van der Waals surface area contributed by atoms with Gasteiger partial charge in [-0.15, -0.1) is 0 Å². The van der Waals surface area contributed by atoms with Crippen molar-refractivity contribution in [2.75, 3.05) is 5.32 Å². The van der Waals surface area contributed by atoms with Gasteiger partial charge >= 0.3 is 12.0 Å². The molecule has 0 unspecified atom stereocenters. The molecule has 3 N–H and O–H groups in total. The molecule has 0 aliphatic rings. The van der Waals surface area contributed by atoms with Gasteiger partial charge in [-0.05, 0) is 26.0 Å². The minimum atomic E-state index is -1.21. The average Bonchev–Trinajstić information content (AvgIpc) is 2.76. The summed E-state index contributed by atoms with van der Waals surface area (Å²) in [6.07, 6.45) is 1.34. The van der Waals surface area contributed by atoms with Crippen molar-refractivity contribution in [1.29, 1.82) is 0 Å². The van der Waals surface area contributed by atoms with E-state index >= 15 is 0 Å². The van der Waals surface area contributed by atoms with Gasteiger partial charge in [-0.25, -0.2) is 14.6 Å². The van der Waals surface area contributed by atoms with E-state index in [1.54, 1.807) is 13.8 Å². The number of carbonyl (C=O) groups excluding carboxylic acids is 1. The molecule has 2 aromatic rings. The summed E-state index contributed by atoms with van der Waals surface area (Å²) in [7, 11) is 0. The summed E-state index contributed by atoms with van der Waals surface area (Å²) in [5.74, 6) is -0.586. The maximum Gasteiger partial charge on any atom is 0.356 e. The smallest absolute Gasteiger partial charge is 0.356 e. The predicted molar refractivity (Wildman–Crippen MR) is 73.0 cm³/mol. The molecule has 0 aliphatic carbocycles. The minimum absolute atomic E-state index is 0.126. The van der Waals surface area contributed by atoms with E-state index in [2.05, 4.69) is 20.8 Å². The van der Waals surface area contributed by atoms with Gasteiger partial charge in [-0.3, -0.25) is 0 Å². The van der Waals surface area contributed by atoms with E-state index in [-0.39, 0.29) is 17.9 Å². The Morgan fingerprint density at radius 3 is 2.76 bits per heavy atom. The molecule has 0 aliphatic heterocycles. The van der Waals surface area contributed by atoms with Crippen LogP contribution in [0.1, 0.15) is 27.5 Å². The molecule has 2 aromatic heterocycles. The average molecular weight is 290 g/mol. The molecule has 2 rings (SSSR count). The Hall–Kier alpha value is -2.90. The molecular weight excluding hydrogens is 276 g/mol. The Balaban J connectivity index is 2.01. The van der Waals surface area contributed by atoms with Crippen LogP contribution in [0.2, 0.25) is 0 Å². The normalized spacial score (nSPS) is 10.2. The molecule has 0 bridgehead atoms. The van der Waals surface area contributed by atoms with Gasteiger partial charge in [0.2, 0.25) is 0 Å². The monoisotopic (exact) mass is 290 g/mol. The van der Waals surface area contributed by atoms with Crippen molar-refractivity contribution in [2.45, 2.75) is 20.4 Å². The zero-order valence-corrected chi connectivity index (χ0v) is 11.5. The van der Waals surface area contributed by atoms with Gasteiger partial charge in [0.25, 0.3) is 0 Å². The molecule has 0 spiro atoms. The number of nitrogens with zero attached hydrogens (tertiary/aromatic N) is 2. The van der Waals surface area contributed by atoms with Crippen molar-refractivity contribution < 1.29 is 19.2 Å². The number of rotatable bonds is 4. The highest BCUT2D eigenvalue weighted by atomic mass is 16.5. The number of carbonyl (C=O) groups is 2. The predicted octanol–water partition coefficient (Wildman–Crippen LogP) is 1.71. The quantitative estimate of drug-likeness (QED) is 0.789. The number of aromatic nitrogens is 2. The fourth-order valence-electron chi connectivity index (χ4n) is 1.77.